The van der Waals surface area contributed by atoms with Gasteiger partial charge >= 0.3 is 0 Å². The van der Waals surface area contributed by atoms with Crippen molar-refractivity contribution in [3.05, 3.63) is 52.3 Å². The maximum Gasteiger partial charge on any atom is 0.293 e. The van der Waals surface area contributed by atoms with Crippen molar-refractivity contribution in [1.29, 1.82) is 0 Å². The van der Waals surface area contributed by atoms with E-state index in [1.807, 2.05) is 0 Å². The Hall–Kier alpha value is -3.70. The van der Waals surface area contributed by atoms with Crippen LogP contribution in [-0.4, -0.2) is 46.6 Å². The van der Waals surface area contributed by atoms with Gasteiger partial charge < -0.3 is 20.5 Å². The van der Waals surface area contributed by atoms with Crippen LogP contribution in [0.25, 0.3) is 0 Å². The van der Waals surface area contributed by atoms with E-state index in [1.165, 1.54) is 20.0 Å². The summed E-state index contributed by atoms with van der Waals surface area (Å²) in [5.74, 6) is -8.96. The van der Waals surface area contributed by atoms with Crippen molar-refractivity contribution in [3.8, 4) is 0 Å². The van der Waals surface area contributed by atoms with Gasteiger partial charge in [0.15, 0.2) is 11.6 Å². The number of aromatic nitrogens is 1. The van der Waals surface area contributed by atoms with Crippen LogP contribution in [0, 0.1) is 24.5 Å². The summed E-state index contributed by atoms with van der Waals surface area (Å²) in [6.07, 6.45) is -0.645. The lowest BCUT2D eigenvalue weighted by atomic mass is 9.72. The van der Waals surface area contributed by atoms with Gasteiger partial charge in [-0.3, -0.25) is 19.2 Å². The van der Waals surface area contributed by atoms with E-state index >= 15 is 0 Å². The van der Waals surface area contributed by atoms with Gasteiger partial charge in [-0.2, -0.15) is 0 Å². The molecule has 8 nitrogen and oxygen atoms in total. The van der Waals surface area contributed by atoms with E-state index in [-0.39, 0.29) is 34.5 Å². The fourth-order valence-electron chi connectivity index (χ4n) is 5.46. The van der Waals surface area contributed by atoms with Gasteiger partial charge in [0.05, 0.1) is 5.56 Å². The molecular formula is C24H22F4N4O4. The Morgan fingerprint density at radius 3 is 2.39 bits per heavy atom. The first-order valence-electron chi connectivity index (χ1n) is 11.3. The Kier molecular flexibility index (Phi) is 5.27. The number of alkyl halides is 2. The van der Waals surface area contributed by atoms with Crippen LogP contribution in [0.3, 0.4) is 0 Å². The predicted octanol–water partition coefficient (Wildman–Crippen LogP) is 2.66. The maximum absolute atomic E-state index is 13.6. The normalized spacial score (nSPS) is 22.1. The topological polar surface area (TPSA) is 109 Å². The molecule has 0 radical (unpaired) electrons. The summed E-state index contributed by atoms with van der Waals surface area (Å²) in [4.78, 5) is 51.5. The third-order valence-electron chi connectivity index (χ3n) is 7.18. The van der Waals surface area contributed by atoms with E-state index in [0.717, 1.165) is 18.6 Å². The van der Waals surface area contributed by atoms with Crippen molar-refractivity contribution in [2.45, 2.75) is 50.1 Å². The van der Waals surface area contributed by atoms with Crippen molar-refractivity contribution >= 4 is 29.2 Å². The fourth-order valence-corrected chi connectivity index (χ4v) is 5.46. The number of hydrogen-bond donors (Lipinski definition) is 3. The van der Waals surface area contributed by atoms with Gasteiger partial charge in [0.25, 0.3) is 23.5 Å². The molecule has 190 valence electrons. The highest BCUT2D eigenvalue weighted by atomic mass is 19.3. The zero-order valence-electron chi connectivity index (χ0n) is 19.3. The van der Waals surface area contributed by atoms with E-state index in [1.54, 1.807) is 4.57 Å². The Bertz CT molecular complexity index is 1340. The smallest absolute Gasteiger partial charge is 0.293 e. The van der Waals surface area contributed by atoms with E-state index in [0.29, 0.717) is 12.1 Å². The van der Waals surface area contributed by atoms with E-state index in [9.17, 15) is 36.7 Å². The highest BCUT2D eigenvalue weighted by Crippen LogP contribution is 2.54. The molecule has 2 aliphatic carbocycles. The molecule has 2 heterocycles. The van der Waals surface area contributed by atoms with Crippen molar-refractivity contribution in [2.75, 3.05) is 12.4 Å². The van der Waals surface area contributed by atoms with Gasteiger partial charge in [-0.1, -0.05) is 0 Å². The lowest BCUT2D eigenvalue weighted by molar-refractivity contribution is -0.164. The number of Topliss-reactive ketones (excluding diaryl/α,β-unsaturated/α-hetero) is 1. The molecule has 1 aromatic carbocycles. The van der Waals surface area contributed by atoms with Gasteiger partial charge in [-0.25, -0.2) is 17.6 Å². The molecule has 1 unspecified atom stereocenters. The zero-order chi connectivity index (χ0) is 26.2. The standard InChI is InChI=1S/C24H22F4N4O4/c1-10-17(19(33)21(35)31-23(22(36)29-2)8-24(27,28)9-23)16-6-11-5-15(11)32(16)18(10)20(34)30-12-3-4-13(25)14(26)7-12/h3-4,7,11,15H,5-6,8-9H2,1-2H3,(H,29,36)(H,30,34)(H,31,35)/t11?,15-/m1/s1. The summed E-state index contributed by atoms with van der Waals surface area (Å²) in [6.45, 7) is 1.48. The quantitative estimate of drug-likeness (QED) is 0.318. The molecule has 2 atom stereocenters. The first kappa shape index (κ1) is 24.0. The molecule has 3 aliphatic rings. The summed E-state index contributed by atoms with van der Waals surface area (Å²) >= 11 is 0. The highest BCUT2D eigenvalue weighted by molar-refractivity contribution is 6.44. The van der Waals surface area contributed by atoms with Gasteiger partial charge in [-0.05, 0) is 43.4 Å². The number of rotatable bonds is 6. The Balaban J connectivity index is 1.45. The third-order valence-corrected chi connectivity index (χ3v) is 7.18. The molecule has 36 heavy (non-hydrogen) atoms. The first-order valence-corrected chi connectivity index (χ1v) is 11.3. The Morgan fingerprint density at radius 1 is 1.08 bits per heavy atom. The summed E-state index contributed by atoms with van der Waals surface area (Å²) in [5, 5.41) is 6.93. The number of benzene rings is 1. The molecular weight excluding hydrogens is 484 g/mol. The van der Waals surface area contributed by atoms with Crippen LogP contribution in [0.4, 0.5) is 23.2 Å². The Morgan fingerprint density at radius 2 is 1.78 bits per heavy atom. The number of nitrogens with one attached hydrogen (secondary N) is 3. The molecule has 0 spiro atoms. The monoisotopic (exact) mass is 506 g/mol. The van der Waals surface area contributed by atoms with E-state index < -0.39 is 59.4 Å². The van der Waals surface area contributed by atoms with Crippen LogP contribution in [0.5, 0.6) is 0 Å². The van der Waals surface area contributed by atoms with Crippen molar-refractivity contribution < 1.29 is 36.7 Å². The summed E-state index contributed by atoms with van der Waals surface area (Å²) in [6, 6.07) is 2.83. The number of likely N-dealkylation sites (N-methyl/N-ethyl adjacent to an activating group) is 1. The number of amides is 3. The molecule has 1 aliphatic heterocycles. The number of ketones is 1. The van der Waals surface area contributed by atoms with E-state index in [4.69, 9.17) is 0 Å². The lowest BCUT2D eigenvalue weighted by Gasteiger charge is -2.45. The molecule has 3 N–H and O–H groups in total. The summed E-state index contributed by atoms with van der Waals surface area (Å²) in [7, 11) is 1.24. The lowest BCUT2D eigenvalue weighted by Crippen LogP contribution is -2.69. The minimum Gasteiger partial charge on any atom is -0.357 e. The van der Waals surface area contributed by atoms with Crippen molar-refractivity contribution in [3.63, 3.8) is 0 Å². The second-order valence-electron chi connectivity index (χ2n) is 9.67. The largest absolute Gasteiger partial charge is 0.357 e. The number of nitrogens with zero attached hydrogens (tertiary/aromatic N) is 1. The Labute approximate surface area is 202 Å². The molecule has 12 heteroatoms. The number of fused-ring (bicyclic) bond motifs is 3. The second kappa shape index (κ2) is 7.90. The number of halogens is 4. The van der Waals surface area contributed by atoms with Crippen LogP contribution in [0.2, 0.25) is 0 Å². The highest BCUT2D eigenvalue weighted by Gasteiger charge is 2.62. The van der Waals surface area contributed by atoms with Crippen molar-refractivity contribution in [1.82, 2.24) is 15.2 Å². The van der Waals surface area contributed by atoms with Crippen LogP contribution in [0.1, 0.15) is 57.4 Å². The van der Waals surface area contributed by atoms with Crippen LogP contribution in [0.15, 0.2) is 18.2 Å². The SMILES string of the molecule is CNC(=O)C1(NC(=O)C(=O)c2c(C)c(C(=O)Nc3ccc(F)c(F)c3)n3c2CC2C[C@H]23)CC(F)(F)C1. The molecule has 0 saturated heterocycles. The van der Waals surface area contributed by atoms with Gasteiger partial charge in [0, 0.05) is 43.4 Å². The van der Waals surface area contributed by atoms with Crippen LogP contribution < -0.4 is 16.0 Å². The molecule has 2 saturated carbocycles. The molecule has 2 fully saturated rings. The molecule has 1 aromatic heterocycles. The number of carbonyl (C=O) groups excluding carboxylic acids is 4. The third kappa shape index (κ3) is 3.66. The summed E-state index contributed by atoms with van der Waals surface area (Å²) in [5.41, 5.74) is -1.15. The van der Waals surface area contributed by atoms with Crippen LogP contribution in [-0.2, 0) is 16.0 Å². The van der Waals surface area contributed by atoms with Crippen LogP contribution >= 0.6 is 0 Å². The van der Waals surface area contributed by atoms with Gasteiger partial charge in [0.1, 0.15) is 11.2 Å². The minimum absolute atomic E-state index is 0.00300. The van der Waals surface area contributed by atoms with Crippen molar-refractivity contribution in [2.24, 2.45) is 5.92 Å². The molecule has 5 rings (SSSR count). The molecule has 3 amide bonds. The summed E-state index contributed by atoms with van der Waals surface area (Å²) < 4.78 is 55.8. The van der Waals surface area contributed by atoms with Gasteiger partial charge in [0.2, 0.25) is 5.91 Å². The average Bonchev–Trinajstić information content (AvgIpc) is 3.37. The number of hydrogen-bond acceptors (Lipinski definition) is 4. The van der Waals surface area contributed by atoms with E-state index in [2.05, 4.69) is 16.0 Å². The molecule has 0 bridgehead atoms. The molecule has 2 aromatic rings. The van der Waals surface area contributed by atoms with Gasteiger partial charge in [-0.15, -0.1) is 0 Å². The first-order chi connectivity index (χ1) is 16.9. The zero-order valence-corrected chi connectivity index (χ0v) is 19.3. The average molecular weight is 506 g/mol. The second-order valence-corrected chi connectivity index (χ2v) is 9.67. The maximum atomic E-state index is 13.6. The number of anilines is 1. The minimum atomic E-state index is -3.15. The predicted molar refractivity (Wildman–Crippen MR) is 118 cm³/mol. The number of carbonyl (C=O) groups is 4. The fraction of sp³-hybridized carbons (Fsp3) is 0.417.